The largest absolute Gasteiger partial charge is 0.478 e. The van der Waals surface area contributed by atoms with Crippen LogP contribution in [0.2, 0.25) is 0 Å². The Kier molecular flexibility index (Phi) is 3.62. The molecule has 0 aliphatic rings. The number of hydrogen-bond acceptors (Lipinski definition) is 3. The van der Waals surface area contributed by atoms with Gasteiger partial charge in [-0.2, -0.15) is 0 Å². The van der Waals surface area contributed by atoms with Crippen LogP contribution in [0, 0.1) is 0 Å². The first-order valence-corrected chi connectivity index (χ1v) is 4.38. The van der Waals surface area contributed by atoms with Crippen LogP contribution in [0.1, 0.15) is 22.3 Å². The van der Waals surface area contributed by atoms with E-state index in [1.807, 2.05) is 0 Å². The standard InChI is InChI=1S/C11H11NO3/c12-9-5-4-8(3-1-2-6-13)10(7-9)11(14)15/h1,3-7H,2,12H2,(H,14,15). The SMILES string of the molecule is Nc1ccc(C=CCC=O)c(C(=O)O)c1. The van der Waals surface area contributed by atoms with Crippen molar-refractivity contribution < 1.29 is 14.7 Å². The van der Waals surface area contributed by atoms with Crippen molar-refractivity contribution in [3.05, 3.63) is 35.4 Å². The first-order chi connectivity index (χ1) is 7.15. The summed E-state index contributed by atoms with van der Waals surface area (Å²) in [4.78, 5) is 20.9. The minimum absolute atomic E-state index is 0.136. The lowest BCUT2D eigenvalue weighted by Gasteiger charge is -2.01. The maximum atomic E-state index is 10.8. The van der Waals surface area contributed by atoms with Crippen molar-refractivity contribution >= 4 is 24.0 Å². The third-order valence-electron chi connectivity index (χ3n) is 1.84. The number of carbonyl (C=O) groups excluding carboxylic acids is 1. The number of anilines is 1. The number of aromatic carboxylic acids is 1. The number of nitrogen functional groups attached to an aromatic ring is 1. The lowest BCUT2D eigenvalue weighted by Crippen LogP contribution is -2.00. The van der Waals surface area contributed by atoms with Gasteiger partial charge in [-0.05, 0) is 17.7 Å². The number of carboxylic acid groups (broad SMARTS) is 1. The number of aldehydes is 1. The summed E-state index contributed by atoms with van der Waals surface area (Å²) in [5.41, 5.74) is 6.56. The first kappa shape index (κ1) is 11.0. The molecule has 4 heteroatoms. The van der Waals surface area contributed by atoms with E-state index in [9.17, 15) is 9.59 Å². The molecule has 78 valence electrons. The molecule has 15 heavy (non-hydrogen) atoms. The quantitative estimate of drug-likeness (QED) is 0.577. The van der Waals surface area contributed by atoms with Crippen LogP contribution in [0.15, 0.2) is 24.3 Å². The molecule has 0 saturated heterocycles. The molecule has 0 radical (unpaired) electrons. The summed E-state index contributed by atoms with van der Waals surface area (Å²) < 4.78 is 0. The predicted octanol–water partition coefficient (Wildman–Crippen LogP) is 1.57. The van der Waals surface area contributed by atoms with E-state index in [0.29, 0.717) is 11.3 Å². The number of hydrogen-bond donors (Lipinski definition) is 2. The van der Waals surface area contributed by atoms with Gasteiger partial charge in [0.15, 0.2) is 0 Å². The van der Waals surface area contributed by atoms with Crippen LogP contribution in [0.5, 0.6) is 0 Å². The first-order valence-electron chi connectivity index (χ1n) is 4.38. The maximum Gasteiger partial charge on any atom is 0.336 e. The van der Waals surface area contributed by atoms with Gasteiger partial charge in [0.2, 0.25) is 0 Å². The molecule has 0 aliphatic heterocycles. The highest BCUT2D eigenvalue weighted by molar-refractivity contribution is 5.93. The molecule has 0 amide bonds. The molecular weight excluding hydrogens is 194 g/mol. The molecule has 1 aromatic rings. The minimum Gasteiger partial charge on any atom is -0.478 e. The highest BCUT2D eigenvalue weighted by atomic mass is 16.4. The monoisotopic (exact) mass is 205 g/mol. The van der Waals surface area contributed by atoms with Crippen molar-refractivity contribution in [2.24, 2.45) is 0 Å². The second-order valence-electron chi connectivity index (χ2n) is 2.96. The Morgan fingerprint density at radius 1 is 1.47 bits per heavy atom. The number of benzene rings is 1. The van der Waals surface area contributed by atoms with Crippen molar-refractivity contribution in [2.45, 2.75) is 6.42 Å². The van der Waals surface area contributed by atoms with E-state index in [0.717, 1.165) is 6.29 Å². The molecule has 0 fully saturated rings. The van der Waals surface area contributed by atoms with Crippen LogP contribution in [0.25, 0.3) is 6.08 Å². The van der Waals surface area contributed by atoms with E-state index < -0.39 is 5.97 Å². The molecular formula is C11H11NO3. The van der Waals surface area contributed by atoms with Gasteiger partial charge in [-0.25, -0.2) is 4.79 Å². The number of rotatable bonds is 4. The van der Waals surface area contributed by atoms with Gasteiger partial charge in [0.1, 0.15) is 6.29 Å². The van der Waals surface area contributed by atoms with E-state index in [-0.39, 0.29) is 12.0 Å². The van der Waals surface area contributed by atoms with Crippen LogP contribution in [0.3, 0.4) is 0 Å². The smallest absolute Gasteiger partial charge is 0.336 e. The summed E-state index contributed by atoms with van der Waals surface area (Å²) in [5, 5.41) is 8.89. The fraction of sp³-hybridized carbons (Fsp3) is 0.0909. The van der Waals surface area contributed by atoms with Gasteiger partial charge in [-0.3, -0.25) is 0 Å². The summed E-state index contributed by atoms with van der Waals surface area (Å²) >= 11 is 0. The van der Waals surface area contributed by atoms with Gasteiger partial charge >= 0.3 is 5.97 Å². The van der Waals surface area contributed by atoms with Crippen LogP contribution in [-0.4, -0.2) is 17.4 Å². The summed E-state index contributed by atoms with van der Waals surface area (Å²) in [5.74, 6) is -1.03. The van der Waals surface area contributed by atoms with Crippen LogP contribution < -0.4 is 5.73 Å². The molecule has 0 saturated carbocycles. The molecule has 4 nitrogen and oxygen atoms in total. The third kappa shape index (κ3) is 2.95. The second-order valence-corrected chi connectivity index (χ2v) is 2.96. The van der Waals surface area contributed by atoms with Crippen molar-refractivity contribution in [1.82, 2.24) is 0 Å². The zero-order valence-corrected chi connectivity index (χ0v) is 8.01. The molecule has 1 aromatic carbocycles. The van der Waals surface area contributed by atoms with Crippen LogP contribution in [0.4, 0.5) is 5.69 Å². The van der Waals surface area contributed by atoms with E-state index in [2.05, 4.69) is 0 Å². The number of allylic oxidation sites excluding steroid dienone is 1. The Morgan fingerprint density at radius 2 is 2.20 bits per heavy atom. The van der Waals surface area contributed by atoms with Gasteiger partial charge in [0.25, 0.3) is 0 Å². The highest BCUT2D eigenvalue weighted by Crippen LogP contribution is 2.15. The normalized spacial score (nSPS) is 10.4. The predicted molar refractivity (Wildman–Crippen MR) is 57.5 cm³/mol. The van der Waals surface area contributed by atoms with Crippen LogP contribution >= 0.6 is 0 Å². The fourth-order valence-corrected chi connectivity index (χ4v) is 1.16. The zero-order chi connectivity index (χ0) is 11.3. The zero-order valence-electron chi connectivity index (χ0n) is 8.01. The van der Waals surface area contributed by atoms with Gasteiger partial charge < -0.3 is 15.6 Å². The second kappa shape index (κ2) is 4.95. The Balaban J connectivity index is 3.05. The molecule has 0 aromatic heterocycles. The summed E-state index contributed by atoms with van der Waals surface area (Å²) in [6.45, 7) is 0. The molecule has 3 N–H and O–H groups in total. The molecule has 0 atom stereocenters. The number of carboxylic acids is 1. The lowest BCUT2D eigenvalue weighted by molar-refractivity contribution is -0.107. The molecule has 0 unspecified atom stereocenters. The van der Waals surface area contributed by atoms with Crippen molar-refractivity contribution in [3.63, 3.8) is 0 Å². The molecule has 0 bridgehead atoms. The molecule has 0 heterocycles. The summed E-state index contributed by atoms with van der Waals surface area (Å²) in [6, 6.07) is 4.62. The number of carbonyl (C=O) groups is 2. The summed E-state index contributed by atoms with van der Waals surface area (Å²) in [6.07, 6.45) is 4.21. The fourth-order valence-electron chi connectivity index (χ4n) is 1.16. The minimum atomic E-state index is -1.03. The Bertz CT molecular complexity index is 410. The average Bonchev–Trinajstić information content (AvgIpc) is 2.20. The van der Waals surface area contributed by atoms with Gasteiger partial charge in [-0.1, -0.05) is 18.2 Å². The Labute approximate surface area is 87.0 Å². The molecule has 1 rings (SSSR count). The Hall–Kier alpha value is -2.10. The van der Waals surface area contributed by atoms with Crippen molar-refractivity contribution in [1.29, 1.82) is 0 Å². The van der Waals surface area contributed by atoms with E-state index in [1.165, 1.54) is 6.07 Å². The number of nitrogens with two attached hydrogens (primary N) is 1. The van der Waals surface area contributed by atoms with E-state index in [4.69, 9.17) is 10.8 Å². The summed E-state index contributed by atoms with van der Waals surface area (Å²) in [7, 11) is 0. The molecule has 0 spiro atoms. The van der Waals surface area contributed by atoms with Crippen molar-refractivity contribution in [3.8, 4) is 0 Å². The maximum absolute atomic E-state index is 10.8. The van der Waals surface area contributed by atoms with E-state index >= 15 is 0 Å². The third-order valence-corrected chi connectivity index (χ3v) is 1.84. The van der Waals surface area contributed by atoms with Gasteiger partial charge in [0, 0.05) is 12.1 Å². The van der Waals surface area contributed by atoms with Gasteiger partial charge in [0.05, 0.1) is 5.56 Å². The lowest BCUT2D eigenvalue weighted by atomic mass is 10.1. The van der Waals surface area contributed by atoms with Gasteiger partial charge in [-0.15, -0.1) is 0 Å². The topological polar surface area (TPSA) is 80.4 Å². The van der Waals surface area contributed by atoms with E-state index in [1.54, 1.807) is 24.3 Å². The van der Waals surface area contributed by atoms with Crippen molar-refractivity contribution in [2.75, 3.05) is 5.73 Å². The molecule has 0 aliphatic carbocycles. The Morgan fingerprint density at radius 3 is 2.80 bits per heavy atom. The average molecular weight is 205 g/mol. The highest BCUT2D eigenvalue weighted by Gasteiger charge is 2.07. The van der Waals surface area contributed by atoms with Crippen LogP contribution in [-0.2, 0) is 4.79 Å².